The summed E-state index contributed by atoms with van der Waals surface area (Å²) in [4.78, 5) is 1.38. The molecule has 1 aliphatic heterocycles. The Morgan fingerprint density at radius 3 is 3.00 bits per heavy atom. The van der Waals surface area contributed by atoms with E-state index in [1.807, 2.05) is 11.3 Å². The summed E-state index contributed by atoms with van der Waals surface area (Å²) in [6.07, 6.45) is 2.71. The monoisotopic (exact) mass is 322 g/mol. The van der Waals surface area contributed by atoms with Crippen LogP contribution in [-0.4, -0.2) is 10.0 Å². The van der Waals surface area contributed by atoms with E-state index in [-0.39, 0.29) is 5.60 Å². The minimum Gasteiger partial charge on any atom is -0.367 e. The van der Waals surface area contributed by atoms with Crippen molar-refractivity contribution in [3.8, 4) is 0 Å². The van der Waals surface area contributed by atoms with E-state index in [0.717, 1.165) is 4.43 Å². The number of hydrogen-bond donors (Lipinski definition) is 0. The molecule has 0 N–H and O–H groups in total. The van der Waals surface area contributed by atoms with Gasteiger partial charge < -0.3 is 4.74 Å². The fourth-order valence-corrected chi connectivity index (χ4v) is 3.17. The smallest absolute Gasteiger partial charge is 0.0841 e. The van der Waals surface area contributed by atoms with Crippen LogP contribution in [0.4, 0.5) is 0 Å². The second-order valence-corrected chi connectivity index (χ2v) is 6.10. The normalized spacial score (nSPS) is 32.4. The zero-order chi connectivity index (χ0) is 10.2. The predicted molar refractivity (Wildman–Crippen MR) is 69.4 cm³/mol. The van der Waals surface area contributed by atoms with Crippen molar-refractivity contribution in [2.45, 2.75) is 38.4 Å². The van der Waals surface area contributed by atoms with Gasteiger partial charge in [0.15, 0.2) is 0 Å². The van der Waals surface area contributed by atoms with Crippen LogP contribution in [0, 0.1) is 6.92 Å². The number of halogens is 1. The maximum atomic E-state index is 6.10. The van der Waals surface area contributed by atoms with Crippen LogP contribution in [0.2, 0.25) is 0 Å². The average Bonchev–Trinajstić information content (AvgIpc) is 2.73. The minimum atomic E-state index is 0.112. The predicted octanol–water partition coefficient (Wildman–Crippen LogP) is 4.10. The molecule has 2 heterocycles. The van der Waals surface area contributed by atoms with E-state index in [2.05, 4.69) is 47.9 Å². The number of rotatable bonds is 2. The first kappa shape index (κ1) is 10.9. The number of ether oxygens (including phenoxy) is 1. The molecule has 2 rings (SSSR count). The van der Waals surface area contributed by atoms with Crippen LogP contribution in [0.3, 0.4) is 0 Å². The molecule has 2 unspecified atom stereocenters. The second kappa shape index (κ2) is 4.10. The fraction of sp³-hybridized carbons (Fsp3) is 0.636. The molecule has 0 radical (unpaired) electrons. The summed E-state index contributed by atoms with van der Waals surface area (Å²) >= 11 is 4.24. The molecule has 1 aromatic heterocycles. The number of alkyl halides is 1. The van der Waals surface area contributed by atoms with Gasteiger partial charge in [-0.15, -0.1) is 11.3 Å². The van der Waals surface area contributed by atoms with Crippen molar-refractivity contribution in [2.75, 3.05) is 4.43 Å². The van der Waals surface area contributed by atoms with E-state index < -0.39 is 0 Å². The lowest BCUT2D eigenvalue weighted by molar-refractivity contribution is -0.0108. The van der Waals surface area contributed by atoms with Gasteiger partial charge in [-0.1, -0.05) is 22.6 Å². The maximum Gasteiger partial charge on any atom is 0.0841 e. The molecule has 14 heavy (non-hydrogen) atoms. The van der Waals surface area contributed by atoms with Crippen LogP contribution in [0.25, 0.3) is 0 Å². The lowest BCUT2D eigenvalue weighted by Crippen LogP contribution is -2.24. The third-order valence-corrected chi connectivity index (χ3v) is 5.26. The summed E-state index contributed by atoms with van der Waals surface area (Å²) in [5.74, 6) is 0. The van der Waals surface area contributed by atoms with E-state index in [1.54, 1.807) is 0 Å². The van der Waals surface area contributed by atoms with Gasteiger partial charge in [-0.2, -0.15) is 0 Å². The highest BCUT2D eigenvalue weighted by molar-refractivity contribution is 14.1. The third-order valence-electron chi connectivity index (χ3n) is 2.77. The van der Waals surface area contributed by atoms with Crippen molar-refractivity contribution < 1.29 is 4.74 Å². The molecule has 0 spiro atoms. The van der Waals surface area contributed by atoms with Gasteiger partial charge in [-0.25, -0.2) is 0 Å². The van der Waals surface area contributed by atoms with Crippen molar-refractivity contribution in [2.24, 2.45) is 0 Å². The summed E-state index contributed by atoms with van der Waals surface area (Å²) in [5, 5.41) is 2.24. The van der Waals surface area contributed by atoms with E-state index >= 15 is 0 Å². The van der Waals surface area contributed by atoms with Crippen molar-refractivity contribution in [3.05, 3.63) is 21.9 Å². The molecule has 1 saturated heterocycles. The van der Waals surface area contributed by atoms with Crippen molar-refractivity contribution in [3.63, 3.8) is 0 Å². The zero-order valence-electron chi connectivity index (χ0n) is 8.55. The van der Waals surface area contributed by atoms with Gasteiger partial charge >= 0.3 is 0 Å². The Balaban J connectivity index is 2.09. The van der Waals surface area contributed by atoms with Gasteiger partial charge in [0.25, 0.3) is 0 Å². The van der Waals surface area contributed by atoms with Gasteiger partial charge in [-0.3, -0.25) is 0 Å². The standard InChI is InChI=1S/C11H15IOS/c1-8-5-9(6-14-8)10-3-4-11(2,7-12)13-10/h5-6,10H,3-4,7H2,1-2H3. The summed E-state index contributed by atoms with van der Waals surface area (Å²) in [5.41, 5.74) is 1.49. The van der Waals surface area contributed by atoms with Gasteiger partial charge in [0.05, 0.1) is 11.7 Å². The Morgan fingerprint density at radius 2 is 2.50 bits per heavy atom. The minimum absolute atomic E-state index is 0.112. The Kier molecular flexibility index (Phi) is 3.19. The van der Waals surface area contributed by atoms with E-state index in [1.165, 1.54) is 23.3 Å². The Hall–Kier alpha value is 0.390. The highest BCUT2D eigenvalue weighted by Gasteiger charge is 2.35. The fourth-order valence-electron chi connectivity index (χ4n) is 1.86. The molecule has 0 bridgehead atoms. The summed E-state index contributed by atoms with van der Waals surface area (Å²) in [6, 6.07) is 2.26. The molecule has 0 amide bonds. The maximum absolute atomic E-state index is 6.10. The van der Waals surface area contributed by atoms with Crippen LogP contribution in [0.1, 0.15) is 36.3 Å². The lowest BCUT2D eigenvalue weighted by atomic mass is 10.0. The molecule has 78 valence electrons. The second-order valence-electron chi connectivity index (χ2n) is 4.22. The SMILES string of the molecule is Cc1cc(C2CCC(C)(CI)O2)cs1. The Labute approximate surface area is 103 Å². The number of thiophene rings is 1. The van der Waals surface area contributed by atoms with Gasteiger partial charge in [0.2, 0.25) is 0 Å². The van der Waals surface area contributed by atoms with Crippen LogP contribution in [-0.2, 0) is 4.74 Å². The molecular weight excluding hydrogens is 307 g/mol. The summed E-state index contributed by atoms with van der Waals surface area (Å²) in [7, 11) is 0. The van der Waals surface area contributed by atoms with E-state index in [0.29, 0.717) is 6.10 Å². The van der Waals surface area contributed by atoms with Crippen molar-refractivity contribution in [1.29, 1.82) is 0 Å². The van der Waals surface area contributed by atoms with Crippen LogP contribution < -0.4 is 0 Å². The Bertz CT molecular complexity index is 323. The zero-order valence-corrected chi connectivity index (χ0v) is 11.5. The average molecular weight is 322 g/mol. The van der Waals surface area contributed by atoms with Crippen molar-refractivity contribution in [1.82, 2.24) is 0 Å². The third kappa shape index (κ3) is 2.14. The molecule has 0 saturated carbocycles. The first-order valence-electron chi connectivity index (χ1n) is 4.92. The molecule has 0 aromatic carbocycles. The highest BCUT2D eigenvalue weighted by atomic mass is 127. The van der Waals surface area contributed by atoms with Gasteiger partial charge in [0.1, 0.15) is 0 Å². The lowest BCUT2D eigenvalue weighted by Gasteiger charge is -2.21. The largest absolute Gasteiger partial charge is 0.367 e. The molecule has 3 heteroatoms. The Morgan fingerprint density at radius 1 is 1.71 bits per heavy atom. The molecular formula is C11H15IOS. The van der Waals surface area contributed by atoms with Crippen LogP contribution in [0.5, 0.6) is 0 Å². The molecule has 1 aromatic rings. The van der Waals surface area contributed by atoms with Crippen LogP contribution >= 0.6 is 33.9 Å². The summed E-state index contributed by atoms with van der Waals surface area (Å²) < 4.78 is 7.18. The van der Waals surface area contributed by atoms with E-state index in [4.69, 9.17) is 4.74 Å². The molecule has 2 atom stereocenters. The van der Waals surface area contributed by atoms with E-state index in [9.17, 15) is 0 Å². The first-order valence-corrected chi connectivity index (χ1v) is 7.32. The molecule has 1 aliphatic rings. The van der Waals surface area contributed by atoms with Crippen LogP contribution in [0.15, 0.2) is 11.4 Å². The molecule has 1 nitrogen and oxygen atoms in total. The molecule has 1 fully saturated rings. The van der Waals surface area contributed by atoms with Crippen molar-refractivity contribution >= 4 is 33.9 Å². The quantitative estimate of drug-likeness (QED) is 0.588. The number of hydrogen-bond acceptors (Lipinski definition) is 2. The topological polar surface area (TPSA) is 9.23 Å². The summed E-state index contributed by atoms with van der Waals surface area (Å²) in [6.45, 7) is 4.37. The first-order chi connectivity index (χ1) is 6.63. The number of aryl methyl sites for hydroxylation is 1. The molecule has 0 aliphatic carbocycles. The van der Waals surface area contributed by atoms with Gasteiger partial charge in [0, 0.05) is 9.30 Å². The van der Waals surface area contributed by atoms with Gasteiger partial charge in [-0.05, 0) is 43.7 Å². The highest BCUT2D eigenvalue weighted by Crippen LogP contribution is 2.41.